The molecule has 6 rings (SSSR count). The summed E-state index contributed by atoms with van der Waals surface area (Å²) in [5, 5.41) is 20.1. The maximum Gasteiger partial charge on any atom is 0.301 e. The number of carbonyl (C=O) groups excluding carboxylic acids is 2. The number of anilines is 1. The van der Waals surface area contributed by atoms with E-state index in [0.717, 1.165) is 22.5 Å². The lowest BCUT2D eigenvalue weighted by atomic mass is 9.95. The van der Waals surface area contributed by atoms with Crippen molar-refractivity contribution in [3.8, 4) is 5.75 Å². The topological polar surface area (TPSA) is 92.6 Å². The van der Waals surface area contributed by atoms with Gasteiger partial charge in [-0.2, -0.15) is 0 Å². The molecule has 0 aliphatic carbocycles. The molecular weight excluding hydrogens is 586 g/mol. The van der Waals surface area contributed by atoms with Crippen LogP contribution in [0, 0.1) is 5.82 Å². The third-order valence-corrected chi connectivity index (χ3v) is 8.92. The molecule has 0 saturated carbocycles. The zero-order chi connectivity index (χ0) is 29.8. The lowest BCUT2D eigenvalue weighted by Gasteiger charge is -2.23. The van der Waals surface area contributed by atoms with Crippen LogP contribution >= 0.6 is 23.1 Å². The maximum absolute atomic E-state index is 13.5. The van der Waals surface area contributed by atoms with Crippen LogP contribution in [0.1, 0.15) is 28.3 Å². The van der Waals surface area contributed by atoms with E-state index >= 15 is 0 Å². The number of hydrogen-bond donors (Lipinski definition) is 1. The van der Waals surface area contributed by atoms with Crippen LogP contribution in [0.5, 0.6) is 5.75 Å². The fourth-order valence-electron chi connectivity index (χ4n) is 4.70. The Morgan fingerprint density at radius 1 is 0.884 bits per heavy atom. The molecular formula is C33H24FN3O4S2. The molecule has 0 bridgehead atoms. The molecule has 1 aromatic heterocycles. The average Bonchev–Trinajstić information content (AvgIpc) is 3.62. The van der Waals surface area contributed by atoms with Crippen molar-refractivity contribution in [1.29, 1.82) is 0 Å². The van der Waals surface area contributed by atoms with Gasteiger partial charge in [0.25, 0.3) is 5.78 Å². The largest absolute Gasteiger partial charge is 0.507 e. The van der Waals surface area contributed by atoms with Crippen molar-refractivity contribution in [2.75, 3.05) is 4.90 Å². The predicted molar refractivity (Wildman–Crippen MR) is 164 cm³/mol. The van der Waals surface area contributed by atoms with E-state index < -0.39 is 17.7 Å². The second-order valence-electron chi connectivity index (χ2n) is 9.65. The van der Waals surface area contributed by atoms with Gasteiger partial charge in [0.1, 0.15) is 23.9 Å². The Morgan fingerprint density at radius 3 is 2.35 bits per heavy atom. The van der Waals surface area contributed by atoms with Crippen LogP contribution in [0.25, 0.3) is 5.76 Å². The monoisotopic (exact) mass is 609 g/mol. The van der Waals surface area contributed by atoms with E-state index in [1.165, 1.54) is 28.8 Å². The molecule has 4 aromatic carbocycles. The first-order chi connectivity index (χ1) is 21.0. The van der Waals surface area contributed by atoms with Crippen molar-refractivity contribution in [2.24, 2.45) is 0 Å². The van der Waals surface area contributed by atoms with Gasteiger partial charge in [0.2, 0.25) is 5.13 Å². The minimum Gasteiger partial charge on any atom is -0.507 e. The summed E-state index contributed by atoms with van der Waals surface area (Å²) in [5.74, 6) is -1.17. The summed E-state index contributed by atoms with van der Waals surface area (Å²) >= 11 is 2.55. The lowest BCUT2D eigenvalue weighted by molar-refractivity contribution is -0.132. The van der Waals surface area contributed by atoms with Crippen molar-refractivity contribution in [2.45, 2.75) is 22.7 Å². The zero-order valence-corrected chi connectivity index (χ0v) is 24.2. The molecule has 43 heavy (non-hydrogen) atoms. The molecule has 5 aromatic rings. The molecule has 1 aliphatic rings. The Labute approximate surface area is 255 Å². The number of aromatic nitrogens is 2. The molecule has 2 heterocycles. The van der Waals surface area contributed by atoms with Crippen molar-refractivity contribution < 1.29 is 23.8 Å². The molecule has 1 unspecified atom stereocenters. The van der Waals surface area contributed by atoms with Crippen molar-refractivity contribution in [3.63, 3.8) is 0 Å². The van der Waals surface area contributed by atoms with Crippen LogP contribution in [0.3, 0.4) is 0 Å². The molecule has 0 radical (unpaired) electrons. The highest BCUT2D eigenvalue weighted by molar-refractivity contribution is 8.00. The Kier molecular flexibility index (Phi) is 8.30. The van der Waals surface area contributed by atoms with E-state index in [1.807, 2.05) is 30.3 Å². The van der Waals surface area contributed by atoms with E-state index in [0.29, 0.717) is 33.6 Å². The highest BCUT2D eigenvalue weighted by atomic mass is 32.2. The van der Waals surface area contributed by atoms with Crippen molar-refractivity contribution >= 4 is 45.7 Å². The molecule has 214 valence electrons. The number of halogens is 1. The Bertz CT molecular complexity index is 1790. The number of benzene rings is 4. The highest BCUT2D eigenvalue weighted by Crippen LogP contribution is 2.44. The van der Waals surface area contributed by atoms with Gasteiger partial charge in [0, 0.05) is 11.3 Å². The van der Waals surface area contributed by atoms with Gasteiger partial charge >= 0.3 is 5.91 Å². The van der Waals surface area contributed by atoms with Crippen LogP contribution in [-0.2, 0) is 21.9 Å². The highest BCUT2D eigenvalue weighted by Gasteiger charge is 2.48. The van der Waals surface area contributed by atoms with Gasteiger partial charge in [-0.3, -0.25) is 14.5 Å². The van der Waals surface area contributed by atoms with Gasteiger partial charge in [-0.05, 0) is 41.0 Å². The minimum atomic E-state index is -0.969. The number of ether oxygens (including phenoxy) is 1. The van der Waals surface area contributed by atoms with Crippen LogP contribution in [-0.4, -0.2) is 27.0 Å². The molecule has 1 aliphatic heterocycles. The molecule has 10 heteroatoms. The number of thioether (sulfide) groups is 1. The standard InChI is InChI=1S/C33H24FN3O4S2/c34-25-16-14-22(15-17-25)20-42-33-36-35-32(43-33)37-28(27(30(39)31(37)40)29(38)23-10-5-2-6-11-23)24-12-7-13-26(18-24)41-19-21-8-3-1-4-9-21/h1-18,28,38H,19-20H2. The van der Waals surface area contributed by atoms with E-state index in [-0.39, 0.29) is 22.3 Å². The Hall–Kier alpha value is -4.80. The van der Waals surface area contributed by atoms with Gasteiger partial charge in [-0.15, -0.1) is 10.2 Å². The molecule has 1 amide bonds. The average molecular weight is 610 g/mol. The van der Waals surface area contributed by atoms with Crippen LogP contribution in [0.15, 0.2) is 119 Å². The number of carbonyl (C=O) groups is 2. The van der Waals surface area contributed by atoms with Gasteiger partial charge in [-0.25, -0.2) is 4.39 Å². The molecule has 1 atom stereocenters. The first-order valence-corrected chi connectivity index (χ1v) is 15.1. The minimum absolute atomic E-state index is 0.0490. The Balaban J connectivity index is 1.35. The van der Waals surface area contributed by atoms with Crippen molar-refractivity contribution in [3.05, 3.63) is 143 Å². The molecule has 1 fully saturated rings. The lowest BCUT2D eigenvalue weighted by Crippen LogP contribution is -2.29. The number of aliphatic hydroxyl groups is 1. The number of aliphatic hydroxyl groups excluding tert-OH is 1. The van der Waals surface area contributed by atoms with Crippen LogP contribution < -0.4 is 9.64 Å². The number of ketones is 1. The Morgan fingerprint density at radius 2 is 1.60 bits per heavy atom. The fourth-order valence-corrected chi connectivity index (χ4v) is 6.52. The fraction of sp³-hybridized carbons (Fsp3) is 0.0909. The van der Waals surface area contributed by atoms with Gasteiger partial charge in [-0.1, -0.05) is 108 Å². The summed E-state index contributed by atoms with van der Waals surface area (Å²) in [6.07, 6.45) is 0. The zero-order valence-electron chi connectivity index (χ0n) is 22.6. The third-order valence-electron chi connectivity index (χ3n) is 6.79. The van der Waals surface area contributed by atoms with E-state index in [2.05, 4.69) is 10.2 Å². The summed E-state index contributed by atoms with van der Waals surface area (Å²) < 4.78 is 19.9. The summed E-state index contributed by atoms with van der Waals surface area (Å²) in [6, 6.07) is 30.7. The summed E-state index contributed by atoms with van der Waals surface area (Å²) in [5.41, 5.74) is 2.82. The quantitative estimate of drug-likeness (QED) is 0.0623. The molecule has 1 saturated heterocycles. The number of amides is 1. The number of rotatable bonds is 9. The van der Waals surface area contributed by atoms with Crippen molar-refractivity contribution in [1.82, 2.24) is 10.2 Å². The van der Waals surface area contributed by atoms with Gasteiger partial charge < -0.3 is 9.84 Å². The maximum atomic E-state index is 13.5. The predicted octanol–water partition coefficient (Wildman–Crippen LogP) is 7.17. The number of hydrogen-bond acceptors (Lipinski definition) is 8. The number of Topliss-reactive ketones (excluding diaryl/α,β-unsaturated/α-hetero) is 1. The van der Waals surface area contributed by atoms with Crippen LogP contribution in [0.2, 0.25) is 0 Å². The van der Waals surface area contributed by atoms with E-state index in [1.54, 1.807) is 66.7 Å². The third kappa shape index (κ3) is 6.20. The first-order valence-electron chi connectivity index (χ1n) is 13.3. The summed E-state index contributed by atoms with van der Waals surface area (Å²) in [6.45, 7) is 0.333. The second-order valence-corrected chi connectivity index (χ2v) is 11.8. The van der Waals surface area contributed by atoms with E-state index in [4.69, 9.17) is 4.74 Å². The van der Waals surface area contributed by atoms with Crippen LogP contribution in [0.4, 0.5) is 9.52 Å². The normalized spacial score (nSPS) is 16.0. The van der Waals surface area contributed by atoms with Gasteiger partial charge in [0.05, 0.1) is 11.6 Å². The van der Waals surface area contributed by atoms with Gasteiger partial charge in [0.15, 0.2) is 4.34 Å². The van der Waals surface area contributed by atoms with E-state index in [9.17, 15) is 19.1 Å². The molecule has 0 spiro atoms. The number of nitrogens with zero attached hydrogens (tertiary/aromatic N) is 3. The smallest absolute Gasteiger partial charge is 0.301 e. The first kappa shape index (κ1) is 28.3. The second kappa shape index (κ2) is 12.6. The molecule has 1 N–H and O–H groups in total. The molecule has 7 nitrogen and oxygen atoms in total. The summed E-state index contributed by atoms with van der Waals surface area (Å²) in [7, 11) is 0. The SMILES string of the molecule is O=C1C(=O)N(c2nnc(SCc3ccc(F)cc3)s2)C(c2cccc(OCc3ccccc3)c2)C1=C(O)c1ccccc1. The summed E-state index contributed by atoms with van der Waals surface area (Å²) in [4.78, 5) is 28.3.